The normalized spacial score (nSPS) is 19.6. The quantitative estimate of drug-likeness (QED) is 0.699. The number of hydrogen-bond acceptors (Lipinski definition) is 5. The third kappa shape index (κ3) is 2.18. The van der Waals surface area contributed by atoms with Gasteiger partial charge in [0.05, 0.1) is 6.54 Å². The Kier molecular flexibility index (Phi) is 2.92. The number of urea groups is 1. The van der Waals surface area contributed by atoms with E-state index in [-0.39, 0.29) is 31.1 Å². The molecular formula is C11H16N6O2. The van der Waals surface area contributed by atoms with Crippen LogP contribution in [-0.2, 0) is 17.9 Å². The van der Waals surface area contributed by atoms with Gasteiger partial charge < -0.3 is 4.90 Å². The zero-order valence-electron chi connectivity index (χ0n) is 10.8. The van der Waals surface area contributed by atoms with Crippen molar-refractivity contribution in [3.8, 4) is 0 Å². The van der Waals surface area contributed by atoms with Crippen LogP contribution in [0, 0.1) is 0 Å². The zero-order chi connectivity index (χ0) is 13.4. The summed E-state index contributed by atoms with van der Waals surface area (Å²) < 4.78 is 1.64. The fourth-order valence-corrected chi connectivity index (χ4v) is 2.25. The molecule has 0 aromatic carbocycles. The lowest BCUT2D eigenvalue weighted by atomic mass is 10.4. The number of amides is 3. The molecule has 0 radical (unpaired) electrons. The summed E-state index contributed by atoms with van der Waals surface area (Å²) in [5.41, 5.74) is 0. The number of carbonyl (C=O) groups excluding carboxylic acids is 2. The minimum Gasteiger partial charge on any atom is -0.312 e. The van der Waals surface area contributed by atoms with Crippen LogP contribution in [0.25, 0.3) is 0 Å². The molecule has 19 heavy (non-hydrogen) atoms. The van der Waals surface area contributed by atoms with Crippen LogP contribution in [0.2, 0.25) is 0 Å². The van der Waals surface area contributed by atoms with E-state index in [4.69, 9.17) is 0 Å². The first-order chi connectivity index (χ1) is 9.20. The standard InChI is InChI=1S/C11H16N6O2/c1-2-5-17-9(12-13-14-17)6-16-10(18)7-15(11(16)19)8-3-4-8/h8H,2-7H2,1H3. The Morgan fingerprint density at radius 2 is 2.11 bits per heavy atom. The van der Waals surface area contributed by atoms with E-state index < -0.39 is 0 Å². The smallest absolute Gasteiger partial charge is 0.312 e. The highest BCUT2D eigenvalue weighted by Crippen LogP contribution is 2.30. The molecule has 1 aliphatic carbocycles. The molecule has 2 fully saturated rings. The second-order valence-corrected chi connectivity index (χ2v) is 4.94. The molecule has 0 spiro atoms. The highest BCUT2D eigenvalue weighted by molar-refractivity contribution is 6.02. The van der Waals surface area contributed by atoms with E-state index in [9.17, 15) is 9.59 Å². The number of tetrazole rings is 1. The van der Waals surface area contributed by atoms with Gasteiger partial charge in [0.25, 0.3) is 5.91 Å². The molecule has 2 heterocycles. The van der Waals surface area contributed by atoms with Gasteiger partial charge in [0.2, 0.25) is 0 Å². The average molecular weight is 264 g/mol. The van der Waals surface area contributed by atoms with Crippen molar-refractivity contribution in [2.75, 3.05) is 6.54 Å². The summed E-state index contributed by atoms with van der Waals surface area (Å²) in [4.78, 5) is 26.9. The SMILES string of the molecule is CCCn1nnnc1CN1C(=O)CN(C2CC2)C1=O. The molecule has 1 aliphatic heterocycles. The van der Waals surface area contributed by atoms with Crippen molar-refractivity contribution >= 4 is 11.9 Å². The van der Waals surface area contributed by atoms with Gasteiger partial charge in [0.15, 0.2) is 5.82 Å². The zero-order valence-corrected chi connectivity index (χ0v) is 10.8. The van der Waals surface area contributed by atoms with Gasteiger partial charge in [-0.05, 0) is 29.7 Å². The van der Waals surface area contributed by atoms with Gasteiger partial charge >= 0.3 is 6.03 Å². The Hall–Kier alpha value is -1.99. The number of hydrogen-bond donors (Lipinski definition) is 0. The van der Waals surface area contributed by atoms with E-state index >= 15 is 0 Å². The molecule has 0 unspecified atom stereocenters. The Bertz CT molecular complexity index is 509. The summed E-state index contributed by atoms with van der Waals surface area (Å²) in [5, 5.41) is 11.3. The van der Waals surface area contributed by atoms with Crippen molar-refractivity contribution in [1.29, 1.82) is 0 Å². The molecule has 3 amide bonds. The molecule has 0 atom stereocenters. The maximum Gasteiger partial charge on any atom is 0.327 e. The van der Waals surface area contributed by atoms with Crippen LogP contribution in [0.15, 0.2) is 0 Å². The first-order valence-corrected chi connectivity index (χ1v) is 6.56. The Labute approximate surface area is 110 Å². The second-order valence-electron chi connectivity index (χ2n) is 4.94. The van der Waals surface area contributed by atoms with E-state index in [0.29, 0.717) is 12.4 Å². The number of nitrogens with zero attached hydrogens (tertiary/aromatic N) is 6. The maximum absolute atomic E-state index is 12.1. The Morgan fingerprint density at radius 1 is 1.32 bits per heavy atom. The monoisotopic (exact) mass is 264 g/mol. The Morgan fingerprint density at radius 3 is 2.79 bits per heavy atom. The van der Waals surface area contributed by atoms with E-state index in [0.717, 1.165) is 19.3 Å². The van der Waals surface area contributed by atoms with Crippen LogP contribution in [0.1, 0.15) is 32.0 Å². The van der Waals surface area contributed by atoms with E-state index in [1.807, 2.05) is 6.92 Å². The van der Waals surface area contributed by atoms with Gasteiger partial charge in [-0.2, -0.15) is 0 Å². The molecular weight excluding hydrogens is 248 g/mol. The molecule has 102 valence electrons. The molecule has 0 bridgehead atoms. The molecule has 2 aliphatic rings. The molecule has 0 N–H and O–H groups in total. The summed E-state index contributed by atoms with van der Waals surface area (Å²) in [7, 11) is 0. The van der Waals surface area contributed by atoms with Crippen molar-refractivity contribution in [3.05, 3.63) is 5.82 Å². The highest BCUT2D eigenvalue weighted by atomic mass is 16.2. The second kappa shape index (κ2) is 4.60. The topological polar surface area (TPSA) is 84.2 Å². The van der Waals surface area contributed by atoms with Crippen molar-refractivity contribution in [2.24, 2.45) is 0 Å². The molecule has 3 rings (SSSR count). The third-order valence-corrected chi connectivity index (χ3v) is 3.41. The van der Waals surface area contributed by atoms with Crippen LogP contribution in [0.3, 0.4) is 0 Å². The minimum atomic E-state index is -0.210. The van der Waals surface area contributed by atoms with Crippen molar-refractivity contribution in [1.82, 2.24) is 30.0 Å². The fourth-order valence-electron chi connectivity index (χ4n) is 2.25. The molecule has 1 saturated carbocycles. The van der Waals surface area contributed by atoms with Gasteiger partial charge in [-0.15, -0.1) is 5.10 Å². The first kappa shape index (κ1) is 12.1. The number of rotatable bonds is 5. The predicted molar refractivity (Wildman–Crippen MR) is 63.8 cm³/mol. The Balaban J connectivity index is 1.73. The average Bonchev–Trinajstić information content (AvgIpc) is 3.08. The number of aryl methyl sites for hydroxylation is 1. The summed E-state index contributed by atoms with van der Waals surface area (Å²) in [6.45, 7) is 3.06. The molecule has 1 aromatic rings. The molecule has 8 heteroatoms. The van der Waals surface area contributed by atoms with Crippen LogP contribution in [0.4, 0.5) is 4.79 Å². The largest absolute Gasteiger partial charge is 0.327 e. The minimum absolute atomic E-state index is 0.161. The van der Waals surface area contributed by atoms with Crippen molar-refractivity contribution in [2.45, 2.75) is 45.3 Å². The summed E-state index contributed by atoms with van der Waals surface area (Å²) >= 11 is 0. The van der Waals surface area contributed by atoms with E-state index in [2.05, 4.69) is 15.5 Å². The van der Waals surface area contributed by atoms with Crippen molar-refractivity contribution in [3.63, 3.8) is 0 Å². The van der Waals surface area contributed by atoms with E-state index in [1.165, 1.54) is 4.90 Å². The van der Waals surface area contributed by atoms with Gasteiger partial charge in [-0.1, -0.05) is 6.92 Å². The lowest BCUT2D eigenvalue weighted by Crippen LogP contribution is -2.34. The van der Waals surface area contributed by atoms with Crippen LogP contribution in [0.5, 0.6) is 0 Å². The van der Waals surface area contributed by atoms with E-state index in [1.54, 1.807) is 9.58 Å². The van der Waals surface area contributed by atoms with Crippen LogP contribution in [-0.4, -0.2) is 54.5 Å². The van der Waals surface area contributed by atoms with Crippen molar-refractivity contribution < 1.29 is 9.59 Å². The van der Waals surface area contributed by atoms with Gasteiger partial charge in [0.1, 0.15) is 6.54 Å². The van der Waals surface area contributed by atoms with Gasteiger partial charge in [-0.3, -0.25) is 9.69 Å². The summed E-state index contributed by atoms with van der Waals surface area (Å²) in [5.74, 6) is 0.393. The number of aromatic nitrogens is 4. The fraction of sp³-hybridized carbons (Fsp3) is 0.727. The maximum atomic E-state index is 12.1. The first-order valence-electron chi connectivity index (χ1n) is 6.56. The molecule has 8 nitrogen and oxygen atoms in total. The predicted octanol–water partition coefficient (Wildman–Crippen LogP) is 0.00970. The van der Waals surface area contributed by atoms with Gasteiger partial charge in [0, 0.05) is 12.6 Å². The van der Waals surface area contributed by atoms with Gasteiger partial charge in [-0.25, -0.2) is 9.48 Å². The summed E-state index contributed by atoms with van der Waals surface area (Å²) in [6.07, 6.45) is 2.90. The third-order valence-electron chi connectivity index (χ3n) is 3.41. The highest BCUT2D eigenvalue weighted by Gasteiger charge is 2.44. The number of carbonyl (C=O) groups is 2. The van der Waals surface area contributed by atoms with Crippen LogP contribution >= 0.6 is 0 Å². The summed E-state index contributed by atoms with van der Waals surface area (Å²) in [6, 6.07) is 0.0478. The molecule has 1 saturated heterocycles. The molecule has 1 aromatic heterocycles. The van der Waals surface area contributed by atoms with Crippen LogP contribution < -0.4 is 0 Å². The lowest BCUT2D eigenvalue weighted by molar-refractivity contribution is -0.125. The lowest BCUT2D eigenvalue weighted by Gasteiger charge is -2.15. The number of imide groups is 1.